The Kier molecular flexibility index (Phi) is 2.99. The molecule has 0 fully saturated rings. The van der Waals surface area contributed by atoms with Crippen LogP contribution in [-0.2, 0) is 16.6 Å². The van der Waals surface area contributed by atoms with Gasteiger partial charge in [0, 0.05) is 17.5 Å². The van der Waals surface area contributed by atoms with Crippen LogP contribution in [0.15, 0.2) is 12.4 Å². The lowest BCUT2D eigenvalue weighted by atomic mass is 9.91. The molecule has 76 valence electrons. The van der Waals surface area contributed by atoms with Crippen molar-refractivity contribution in [3.63, 3.8) is 0 Å². The van der Waals surface area contributed by atoms with E-state index < -0.39 is 0 Å². The minimum Gasteiger partial charge on any atom is -0.300 e. The lowest BCUT2D eigenvalue weighted by molar-refractivity contribution is -0.116. The van der Waals surface area contributed by atoms with Gasteiger partial charge in [0.15, 0.2) is 0 Å². The van der Waals surface area contributed by atoms with Crippen LogP contribution < -0.4 is 0 Å². The highest BCUT2D eigenvalue weighted by Crippen LogP contribution is 2.19. The standard InChI is InChI=1S/C11H16N2O/c1-8(14)5-9-6-10(11(2,3)4)13-7-12-9/h6-7H,5H2,1-4H3. The fraction of sp³-hybridized carbons (Fsp3) is 0.545. The molecule has 1 aromatic rings. The first-order valence-corrected chi connectivity index (χ1v) is 4.70. The van der Waals surface area contributed by atoms with E-state index in [0.717, 1.165) is 11.4 Å². The first-order valence-electron chi connectivity index (χ1n) is 4.70. The molecule has 1 aromatic heterocycles. The summed E-state index contributed by atoms with van der Waals surface area (Å²) in [6.45, 7) is 7.84. The van der Waals surface area contributed by atoms with E-state index in [1.165, 1.54) is 6.33 Å². The van der Waals surface area contributed by atoms with Crippen LogP contribution in [0.1, 0.15) is 39.1 Å². The number of aromatic nitrogens is 2. The minimum atomic E-state index is 0.00841. The second-order valence-corrected chi connectivity index (χ2v) is 4.52. The number of Topliss-reactive ketones (excluding diaryl/α,β-unsaturated/α-hetero) is 1. The molecular formula is C11H16N2O. The SMILES string of the molecule is CC(=O)Cc1cc(C(C)(C)C)ncn1. The zero-order valence-electron chi connectivity index (χ0n) is 9.16. The third-order valence-electron chi connectivity index (χ3n) is 1.92. The molecule has 14 heavy (non-hydrogen) atoms. The summed E-state index contributed by atoms with van der Waals surface area (Å²) in [5.41, 5.74) is 1.79. The van der Waals surface area contributed by atoms with E-state index in [0.29, 0.717) is 6.42 Å². The van der Waals surface area contributed by atoms with Crippen molar-refractivity contribution in [3.8, 4) is 0 Å². The molecule has 0 bridgehead atoms. The Bertz CT molecular complexity index is 339. The van der Waals surface area contributed by atoms with E-state index in [1.807, 2.05) is 6.07 Å². The fourth-order valence-corrected chi connectivity index (χ4v) is 1.16. The zero-order valence-corrected chi connectivity index (χ0v) is 9.16. The van der Waals surface area contributed by atoms with Gasteiger partial charge >= 0.3 is 0 Å². The van der Waals surface area contributed by atoms with Gasteiger partial charge in [-0.05, 0) is 13.0 Å². The van der Waals surface area contributed by atoms with Gasteiger partial charge in [0.1, 0.15) is 12.1 Å². The van der Waals surface area contributed by atoms with Gasteiger partial charge in [-0.3, -0.25) is 4.79 Å². The molecule has 0 unspecified atom stereocenters. The van der Waals surface area contributed by atoms with E-state index in [-0.39, 0.29) is 11.2 Å². The van der Waals surface area contributed by atoms with Crippen molar-refractivity contribution in [1.82, 2.24) is 9.97 Å². The van der Waals surface area contributed by atoms with Gasteiger partial charge in [-0.15, -0.1) is 0 Å². The molecule has 0 N–H and O–H groups in total. The fourth-order valence-electron chi connectivity index (χ4n) is 1.16. The van der Waals surface area contributed by atoms with Crippen LogP contribution in [0.3, 0.4) is 0 Å². The van der Waals surface area contributed by atoms with Crippen molar-refractivity contribution in [2.24, 2.45) is 0 Å². The largest absolute Gasteiger partial charge is 0.300 e. The van der Waals surface area contributed by atoms with Crippen molar-refractivity contribution < 1.29 is 4.79 Å². The van der Waals surface area contributed by atoms with Gasteiger partial charge < -0.3 is 0 Å². The number of nitrogens with zero attached hydrogens (tertiary/aromatic N) is 2. The van der Waals surface area contributed by atoms with Crippen LogP contribution in [0.5, 0.6) is 0 Å². The predicted molar refractivity (Wildman–Crippen MR) is 55.1 cm³/mol. The van der Waals surface area contributed by atoms with Crippen LogP contribution >= 0.6 is 0 Å². The maximum Gasteiger partial charge on any atom is 0.135 e. The molecule has 1 heterocycles. The molecule has 3 heteroatoms. The topological polar surface area (TPSA) is 42.9 Å². The third-order valence-corrected chi connectivity index (χ3v) is 1.92. The normalized spacial score (nSPS) is 11.4. The van der Waals surface area contributed by atoms with Gasteiger partial charge in [0.2, 0.25) is 0 Å². The molecule has 0 spiro atoms. The molecule has 0 radical (unpaired) electrons. The summed E-state index contributed by atoms with van der Waals surface area (Å²) in [6, 6.07) is 1.90. The second kappa shape index (κ2) is 3.86. The van der Waals surface area contributed by atoms with Crippen LogP contribution in [0.2, 0.25) is 0 Å². The van der Waals surface area contributed by atoms with E-state index in [4.69, 9.17) is 0 Å². The van der Waals surface area contributed by atoms with Crippen LogP contribution in [0, 0.1) is 0 Å². The Morgan fingerprint density at radius 1 is 1.36 bits per heavy atom. The van der Waals surface area contributed by atoms with Gasteiger partial charge in [0.25, 0.3) is 0 Å². The molecule has 0 saturated carbocycles. The highest BCUT2D eigenvalue weighted by molar-refractivity contribution is 5.77. The van der Waals surface area contributed by atoms with Crippen molar-refractivity contribution in [1.29, 1.82) is 0 Å². The highest BCUT2D eigenvalue weighted by atomic mass is 16.1. The summed E-state index contributed by atoms with van der Waals surface area (Å²) in [4.78, 5) is 19.2. The third kappa shape index (κ3) is 2.91. The van der Waals surface area contributed by atoms with Gasteiger partial charge in [-0.2, -0.15) is 0 Å². The minimum absolute atomic E-state index is 0.00841. The Hall–Kier alpha value is -1.25. The van der Waals surface area contributed by atoms with E-state index in [9.17, 15) is 4.79 Å². The first kappa shape index (κ1) is 10.8. The van der Waals surface area contributed by atoms with Gasteiger partial charge in [0.05, 0.1) is 5.69 Å². The Morgan fingerprint density at radius 2 is 2.00 bits per heavy atom. The summed E-state index contributed by atoms with van der Waals surface area (Å²) >= 11 is 0. The lowest BCUT2D eigenvalue weighted by Gasteiger charge is -2.17. The molecule has 0 aliphatic carbocycles. The van der Waals surface area contributed by atoms with Gasteiger partial charge in [-0.25, -0.2) is 9.97 Å². The number of carbonyl (C=O) groups excluding carboxylic acids is 1. The summed E-state index contributed by atoms with van der Waals surface area (Å²) in [6.07, 6.45) is 1.92. The lowest BCUT2D eigenvalue weighted by Crippen LogP contribution is -2.14. The van der Waals surface area contributed by atoms with Crippen molar-refractivity contribution in [2.45, 2.75) is 39.5 Å². The number of hydrogen-bond acceptors (Lipinski definition) is 3. The average Bonchev–Trinajstić information content (AvgIpc) is 2.01. The average molecular weight is 192 g/mol. The van der Waals surface area contributed by atoms with Crippen LogP contribution in [0.25, 0.3) is 0 Å². The number of hydrogen-bond donors (Lipinski definition) is 0. The monoisotopic (exact) mass is 192 g/mol. The Morgan fingerprint density at radius 3 is 2.50 bits per heavy atom. The Labute approximate surface area is 84.6 Å². The summed E-state index contributed by atoms with van der Waals surface area (Å²) in [5.74, 6) is 0.128. The Balaban J connectivity index is 2.95. The molecule has 1 rings (SSSR count). The molecule has 3 nitrogen and oxygen atoms in total. The maximum atomic E-state index is 10.9. The molecular weight excluding hydrogens is 176 g/mol. The van der Waals surface area contributed by atoms with Crippen molar-refractivity contribution >= 4 is 5.78 Å². The zero-order chi connectivity index (χ0) is 10.8. The highest BCUT2D eigenvalue weighted by Gasteiger charge is 2.16. The number of rotatable bonds is 2. The molecule has 0 atom stereocenters. The van der Waals surface area contributed by atoms with Gasteiger partial charge in [-0.1, -0.05) is 20.8 Å². The molecule has 0 aromatic carbocycles. The summed E-state index contributed by atoms with van der Waals surface area (Å²) in [5, 5.41) is 0. The molecule has 0 amide bonds. The molecule has 0 aliphatic rings. The van der Waals surface area contributed by atoms with E-state index in [1.54, 1.807) is 6.92 Å². The second-order valence-electron chi connectivity index (χ2n) is 4.52. The molecule has 0 aliphatic heterocycles. The summed E-state index contributed by atoms with van der Waals surface area (Å²) in [7, 11) is 0. The smallest absolute Gasteiger partial charge is 0.135 e. The number of carbonyl (C=O) groups is 1. The van der Waals surface area contributed by atoms with Crippen molar-refractivity contribution in [2.75, 3.05) is 0 Å². The first-order chi connectivity index (χ1) is 6.39. The quantitative estimate of drug-likeness (QED) is 0.718. The molecule has 0 saturated heterocycles. The number of ketones is 1. The van der Waals surface area contributed by atoms with E-state index >= 15 is 0 Å². The maximum absolute atomic E-state index is 10.9. The van der Waals surface area contributed by atoms with Crippen LogP contribution in [0.4, 0.5) is 0 Å². The van der Waals surface area contributed by atoms with Crippen LogP contribution in [-0.4, -0.2) is 15.8 Å². The summed E-state index contributed by atoms with van der Waals surface area (Å²) < 4.78 is 0. The van der Waals surface area contributed by atoms with E-state index in [2.05, 4.69) is 30.7 Å². The van der Waals surface area contributed by atoms with Crippen molar-refractivity contribution in [3.05, 3.63) is 23.8 Å². The predicted octanol–water partition coefficient (Wildman–Crippen LogP) is 1.91.